The lowest BCUT2D eigenvalue weighted by atomic mass is 9.54. The summed E-state index contributed by atoms with van der Waals surface area (Å²) in [6, 6.07) is 6.88. The molecular weight excluding hydrogens is 310 g/mol. The summed E-state index contributed by atoms with van der Waals surface area (Å²) in [7, 11) is 0. The second-order valence-electron chi connectivity index (χ2n) is 7.36. The van der Waals surface area contributed by atoms with Crippen LogP contribution in [0.5, 0.6) is 0 Å². The smallest absolute Gasteiger partial charge is 0.269 e. The van der Waals surface area contributed by atoms with Gasteiger partial charge in [0, 0.05) is 23.9 Å². The van der Waals surface area contributed by atoms with Gasteiger partial charge in [0.1, 0.15) is 0 Å². The molecule has 0 spiro atoms. The number of nitrogens with zero attached hydrogens (tertiary/aromatic N) is 1. The summed E-state index contributed by atoms with van der Waals surface area (Å²) in [4.78, 5) is 10.3. The lowest BCUT2D eigenvalue weighted by Crippen LogP contribution is -2.56. The molecule has 6 heteroatoms. The Morgan fingerprint density at radius 3 is 2.13 bits per heavy atom. The molecule has 1 aromatic carbocycles. The van der Waals surface area contributed by atoms with Gasteiger partial charge in [-0.1, -0.05) is 0 Å². The number of non-ortho nitro benzene ring substituents is 1. The van der Waals surface area contributed by atoms with Crippen molar-refractivity contribution < 1.29 is 4.92 Å². The second kappa shape index (κ2) is 5.74. The lowest BCUT2D eigenvalue weighted by molar-refractivity contribution is -0.384. The number of rotatable bonds is 3. The summed E-state index contributed by atoms with van der Waals surface area (Å²) in [6.45, 7) is 0. The summed E-state index contributed by atoms with van der Waals surface area (Å²) in [5.74, 6) is 3.43. The van der Waals surface area contributed by atoms with E-state index >= 15 is 0 Å². The van der Waals surface area contributed by atoms with E-state index in [9.17, 15) is 10.1 Å². The van der Waals surface area contributed by atoms with Gasteiger partial charge in [-0.2, -0.15) is 0 Å². The van der Waals surface area contributed by atoms with Crippen LogP contribution in [0.4, 0.5) is 11.4 Å². The molecule has 1 aromatic rings. The monoisotopic (exact) mass is 331 g/mol. The minimum absolute atomic E-state index is 0.0930. The fourth-order valence-corrected chi connectivity index (χ4v) is 5.40. The maximum Gasteiger partial charge on any atom is 0.269 e. The lowest BCUT2D eigenvalue weighted by Gasteiger charge is -2.54. The summed E-state index contributed by atoms with van der Waals surface area (Å²) >= 11 is 5.46. The molecule has 4 bridgehead atoms. The number of nitrogens with one attached hydrogen (secondary N) is 2. The first-order chi connectivity index (χ1) is 11.1. The van der Waals surface area contributed by atoms with E-state index < -0.39 is 4.92 Å². The molecule has 0 atom stereocenters. The van der Waals surface area contributed by atoms with E-state index in [0.29, 0.717) is 11.2 Å². The van der Waals surface area contributed by atoms with Crippen LogP contribution in [0.2, 0.25) is 0 Å². The van der Waals surface area contributed by atoms with Gasteiger partial charge in [-0.05, 0) is 80.1 Å². The van der Waals surface area contributed by atoms with E-state index in [1.165, 1.54) is 44.2 Å². The van der Waals surface area contributed by atoms with Crippen molar-refractivity contribution in [3.05, 3.63) is 34.4 Å². The number of nitro benzene ring substituents is 1. The van der Waals surface area contributed by atoms with Crippen LogP contribution >= 0.6 is 12.2 Å². The van der Waals surface area contributed by atoms with E-state index in [-0.39, 0.29) is 5.69 Å². The number of benzene rings is 1. The van der Waals surface area contributed by atoms with Crippen LogP contribution in [-0.4, -0.2) is 16.1 Å². The minimum atomic E-state index is -0.394. The Hall–Kier alpha value is -1.69. The Kier molecular flexibility index (Phi) is 3.71. The highest BCUT2D eigenvalue weighted by atomic mass is 32.1. The Bertz CT molecular complexity index is 603. The van der Waals surface area contributed by atoms with Crippen LogP contribution in [0.1, 0.15) is 32.1 Å². The molecule has 23 heavy (non-hydrogen) atoms. The van der Waals surface area contributed by atoms with Crippen molar-refractivity contribution >= 4 is 28.7 Å². The van der Waals surface area contributed by atoms with Gasteiger partial charge in [0.15, 0.2) is 5.11 Å². The number of hydrogen-bond donors (Lipinski definition) is 2. The van der Waals surface area contributed by atoms with E-state index in [0.717, 1.165) is 29.4 Å². The first-order valence-corrected chi connectivity index (χ1v) is 8.81. The van der Waals surface area contributed by atoms with Crippen LogP contribution in [0.15, 0.2) is 24.3 Å². The molecule has 0 heterocycles. The Balaban J connectivity index is 1.37. The normalized spacial score (nSPS) is 34.2. The van der Waals surface area contributed by atoms with Crippen molar-refractivity contribution in [2.45, 2.75) is 38.1 Å². The molecule has 5 rings (SSSR count). The average Bonchev–Trinajstić information content (AvgIpc) is 2.50. The fourth-order valence-electron chi connectivity index (χ4n) is 5.15. The number of anilines is 1. The minimum Gasteiger partial charge on any atom is -0.359 e. The summed E-state index contributed by atoms with van der Waals surface area (Å²) in [6.07, 6.45) is 6.86. The molecule has 0 aromatic heterocycles. The van der Waals surface area contributed by atoms with Crippen molar-refractivity contribution in [2.24, 2.45) is 23.7 Å². The molecule has 4 fully saturated rings. The molecule has 0 amide bonds. The maximum atomic E-state index is 10.7. The van der Waals surface area contributed by atoms with Crippen LogP contribution in [0.3, 0.4) is 0 Å². The summed E-state index contributed by atoms with van der Waals surface area (Å²) in [5.41, 5.74) is 0.882. The average molecular weight is 331 g/mol. The van der Waals surface area contributed by atoms with E-state index in [4.69, 9.17) is 12.2 Å². The highest BCUT2D eigenvalue weighted by Crippen LogP contribution is 2.53. The van der Waals surface area contributed by atoms with Gasteiger partial charge in [0.05, 0.1) is 4.92 Å². The highest BCUT2D eigenvalue weighted by Gasteiger charge is 2.48. The molecule has 4 aliphatic carbocycles. The molecular formula is C17H21N3O2S. The number of hydrogen-bond acceptors (Lipinski definition) is 3. The predicted molar refractivity (Wildman–Crippen MR) is 93.3 cm³/mol. The Morgan fingerprint density at radius 1 is 1.04 bits per heavy atom. The molecule has 4 saturated carbocycles. The van der Waals surface area contributed by atoms with E-state index in [1.807, 2.05) is 0 Å². The third-order valence-electron chi connectivity index (χ3n) is 5.86. The largest absolute Gasteiger partial charge is 0.359 e. The van der Waals surface area contributed by atoms with Crippen molar-refractivity contribution in [3.63, 3.8) is 0 Å². The third kappa shape index (κ3) is 2.92. The van der Waals surface area contributed by atoms with Gasteiger partial charge in [-0.3, -0.25) is 10.1 Å². The van der Waals surface area contributed by atoms with Crippen molar-refractivity contribution in [1.29, 1.82) is 0 Å². The first kappa shape index (κ1) is 14.9. The van der Waals surface area contributed by atoms with Crippen molar-refractivity contribution in [2.75, 3.05) is 5.32 Å². The fraction of sp³-hybridized carbons (Fsp3) is 0.588. The van der Waals surface area contributed by atoms with E-state index in [2.05, 4.69) is 10.6 Å². The van der Waals surface area contributed by atoms with Gasteiger partial charge < -0.3 is 10.6 Å². The van der Waals surface area contributed by atoms with Gasteiger partial charge >= 0.3 is 0 Å². The van der Waals surface area contributed by atoms with Gasteiger partial charge in [-0.15, -0.1) is 0 Å². The van der Waals surface area contributed by atoms with Gasteiger partial charge in [-0.25, -0.2) is 0 Å². The molecule has 0 unspecified atom stereocenters. The molecule has 4 aliphatic rings. The zero-order valence-electron chi connectivity index (χ0n) is 12.9. The first-order valence-electron chi connectivity index (χ1n) is 8.40. The van der Waals surface area contributed by atoms with Gasteiger partial charge in [0.25, 0.3) is 5.69 Å². The van der Waals surface area contributed by atoms with Crippen LogP contribution < -0.4 is 10.6 Å². The number of thiocarbonyl (C=S) groups is 1. The molecule has 0 radical (unpaired) electrons. The molecule has 0 saturated heterocycles. The Morgan fingerprint density at radius 2 is 1.61 bits per heavy atom. The SMILES string of the molecule is O=[N+]([O-])c1ccc(NC(=S)NC2C3CC4CC(C3)CC2C4)cc1. The van der Waals surface area contributed by atoms with Crippen LogP contribution in [0.25, 0.3) is 0 Å². The van der Waals surface area contributed by atoms with Crippen LogP contribution in [-0.2, 0) is 0 Å². The molecule has 2 N–H and O–H groups in total. The topological polar surface area (TPSA) is 67.2 Å². The van der Waals surface area contributed by atoms with Crippen molar-refractivity contribution in [1.82, 2.24) is 5.32 Å². The summed E-state index contributed by atoms with van der Waals surface area (Å²) < 4.78 is 0. The molecule has 0 aliphatic heterocycles. The van der Waals surface area contributed by atoms with Crippen molar-refractivity contribution in [3.8, 4) is 0 Å². The van der Waals surface area contributed by atoms with Gasteiger partial charge in [0.2, 0.25) is 0 Å². The van der Waals surface area contributed by atoms with E-state index in [1.54, 1.807) is 12.1 Å². The zero-order chi connectivity index (χ0) is 16.0. The highest BCUT2D eigenvalue weighted by molar-refractivity contribution is 7.80. The zero-order valence-corrected chi connectivity index (χ0v) is 13.7. The predicted octanol–water partition coefficient (Wildman–Crippen LogP) is 3.71. The molecule has 122 valence electrons. The third-order valence-corrected chi connectivity index (χ3v) is 6.08. The Labute approximate surface area is 141 Å². The maximum absolute atomic E-state index is 10.7. The molecule has 5 nitrogen and oxygen atoms in total. The summed E-state index contributed by atoms with van der Waals surface area (Å²) in [5, 5.41) is 18.0. The second-order valence-corrected chi connectivity index (χ2v) is 7.77. The quantitative estimate of drug-likeness (QED) is 0.502. The number of nitro groups is 1. The standard InChI is InChI=1S/C17H21N3O2S/c21-20(22)15-3-1-14(2-4-15)18-17(23)19-16-12-6-10-5-11(8-12)9-13(16)7-10/h1-4,10-13,16H,5-9H2,(H2,18,19,23). The van der Waals surface area contributed by atoms with Crippen LogP contribution in [0, 0.1) is 33.8 Å².